The van der Waals surface area contributed by atoms with Gasteiger partial charge in [-0.25, -0.2) is 0 Å². The molecule has 25 heavy (non-hydrogen) atoms. The third kappa shape index (κ3) is 3.03. The summed E-state index contributed by atoms with van der Waals surface area (Å²) in [6, 6.07) is 11.2. The van der Waals surface area contributed by atoms with Gasteiger partial charge in [0.2, 0.25) is 0 Å². The lowest BCUT2D eigenvalue weighted by molar-refractivity contribution is 0.0777. The van der Waals surface area contributed by atoms with E-state index in [9.17, 15) is 9.59 Å². The van der Waals surface area contributed by atoms with Crippen LogP contribution in [0.2, 0.25) is 0 Å². The number of fused-ring (bicyclic) bond motifs is 1. The van der Waals surface area contributed by atoms with E-state index < -0.39 is 0 Å². The van der Waals surface area contributed by atoms with Crippen LogP contribution in [0.15, 0.2) is 47.1 Å². The zero-order valence-corrected chi connectivity index (χ0v) is 13.9. The minimum Gasteiger partial charge on any atom is -0.459 e. The van der Waals surface area contributed by atoms with Crippen LogP contribution in [0, 0.1) is 6.92 Å². The van der Waals surface area contributed by atoms with Crippen LogP contribution in [0.3, 0.4) is 0 Å². The summed E-state index contributed by atoms with van der Waals surface area (Å²) in [5, 5.41) is 3.95. The first-order valence-electron chi connectivity index (χ1n) is 8.33. The van der Waals surface area contributed by atoms with Crippen molar-refractivity contribution in [3.63, 3.8) is 0 Å². The minimum absolute atomic E-state index is 0.0383. The fourth-order valence-corrected chi connectivity index (χ4v) is 3.26. The van der Waals surface area contributed by atoms with Crippen LogP contribution in [0.5, 0.6) is 0 Å². The number of amides is 2. The number of furan rings is 1. The summed E-state index contributed by atoms with van der Waals surface area (Å²) in [4.78, 5) is 29.7. The summed E-state index contributed by atoms with van der Waals surface area (Å²) >= 11 is 0. The van der Waals surface area contributed by atoms with Crippen LogP contribution in [0.1, 0.15) is 33.0 Å². The molecule has 3 aromatic rings. The number of carbonyl (C=O) groups excluding carboxylic acids is 2. The molecule has 128 valence electrons. The number of aromatic amines is 1. The lowest BCUT2D eigenvalue weighted by Gasteiger charge is -2.16. The van der Waals surface area contributed by atoms with Gasteiger partial charge in [0.1, 0.15) is 5.69 Å². The maximum atomic E-state index is 12.7. The number of aromatic nitrogens is 1. The Kier molecular flexibility index (Phi) is 3.80. The van der Waals surface area contributed by atoms with Gasteiger partial charge in [-0.2, -0.15) is 0 Å². The average Bonchev–Trinajstić information content (AvgIpc) is 3.33. The third-order valence-corrected chi connectivity index (χ3v) is 4.56. The number of hydrogen-bond donors (Lipinski definition) is 2. The molecule has 1 saturated heterocycles. The van der Waals surface area contributed by atoms with Gasteiger partial charge in [0.25, 0.3) is 11.8 Å². The van der Waals surface area contributed by atoms with Crippen molar-refractivity contribution in [1.29, 1.82) is 0 Å². The van der Waals surface area contributed by atoms with E-state index in [0.29, 0.717) is 18.8 Å². The number of hydrogen-bond acceptors (Lipinski definition) is 3. The Labute approximate surface area is 144 Å². The minimum atomic E-state index is -0.245. The lowest BCUT2D eigenvalue weighted by Crippen LogP contribution is -2.38. The van der Waals surface area contributed by atoms with Crippen LogP contribution in [-0.2, 0) is 0 Å². The first kappa shape index (κ1) is 15.5. The van der Waals surface area contributed by atoms with Crippen LogP contribution in [0.25, 0.3) is 10.9 Å². The van der Waals surface area contributed by atoms with Gasteiger partial charge in [-0.05, 0) is 43.7 Å². The van der Waals surface area contributed by atoms with Crippen molar-refractivity contribution in [2.24, 2.45) is 0 Å². The molecule has 0 saturated carbocycles. The van der Waals surface area contributed by atoms with E-state index in [4.69, 9.17) is 4.42 Å². The monoisotopic (exact) mass is 337 g/mol. The van der Waals surface area contributed by atoms with Gasteiger partial charge in [-0.1, -0.05) is 11.6 Å². The first-order chi connectivity index (χ1) is 12.1. The van der Waals surface area contributed by atoms with E-state index in [1.807, 2.05) is 25.1 Å². The SMILES string of the molecule is Cc1ccc2[nH]c(C(=O)N3CC[C@@H](NC(=O)c4ccco4)C3)cc2c1. The zero-order chi connectivity index (χ0) is 17.4. The van der Waals surface area contributed by atoms with E-state index in [0.717, 1.165) is 22.9 Å². The van der Waals surface area contributed by atoms with Crippen LogP contribution in [0.4, 0.5) is 0 Å². The van der Waals surface area contributed by atoms with Crippen molar-refractivity contribution < 1.29 is 14.0 Å². The Morgan fingerprint density at radius 3 is 2.96 bits per heavy atom. The number of aryl methyl sites for hydroxylation is 1. The molecular weight excluding hydrogens is 318 g/mol. The fourth-order valence-electron chi connectivity index (χ4n) is 3.26. The number of benzene rings is 1. The van der Waals surface area contributed by atoms with Crippen LogP contribution in [-0.4, -0.2) is 40.8 Å². The molecule has 4 rings (SSSR count). The van der Waals surface area contributed by atoms with Crippen molar-refractivity contribution >= 4 is 22.7 Å². The molecule has 1 aromatic carbocycles. The van der Waals surface area contributed by atoms with Gasteiger partial charge in [0.05, 0.1) is 6.26 Å². The second kappa shape index (κ2) is 6.12. The summed E-state index contributed by atoms with van der Waals surface area (Å²) in [6.45, 7) is 3.15. The second-order valence-corrected chi connectivity index (χ2v) is 6.46. The number of carbonyl (C=O) groups is 2. The van der Waals surface area contributed by atoms with Crippen molar-refractivity contribution in [3.05, 3.63) is 59.7 Å². The maximum absolute atomic E-state index is 12.7. The summed E-state index contributed by atoms with van der Waals surface area (Å²) in [7, 11) is 0. The second-order valence-electron chi connectivity index (χ2n) is 6.46. The maximum Gasteiger partial charge on any atom is 0.287 e. The third-order valence-electron chi connectivity index (χ3n) is 4.56. The highest BCUT2D eigenvalue weighted by molar-refractivity contribution is 5.98. The average molecular weight is 337 g/mol. The number of likely N-dealkylation sites (tertiary alicyclic amines) is 1. The summed E-state index contributed by atoms with van der Waals surface area (Å²) in [5.41, 5.74) is 2.70. The number of H-pyrrole nitrogens is 1. The normalized spacial score (nSPS) is 17.2. The highest BCUT2D eigenvalue weighted by Crippen LogP contribution is 2.20. The molecule has 6 heteroatoms. The van der Waals surface area contributed by atoms with E-state index in [-0.39, 0.29) is 23.6 Å². The summed E-state index contributed by atoms with van der Waals surface area (Å²) in [6.07, 6.45) is 2.20. The van der Waals surface area contributed by atoms with E-state index in [1.165, 1.54) is 6.26 Å². The zero-order valence-electron chi connectivity index (χ0n) is 13.9. The molecule has 0 spiro atoms. The fraction of sp³-hybridized carbons (Fsp3) is 0.263. The highest BCUT2D eigenvalue weighted by Gasteiger charge is 2.29. The van der Waals surface area contributed by atoms with E-state index in [2.05, 4.69) is 16.4 Å². The van der Waals surface area contributed by atoms with Gasteiger partial charge < -0.3 is 19.6 Å². The Hall–Kier alpha value is -3.02. The predicted octanol–water partition coefficient (Wildman–Crippen LogP) is 2.71. The predicted molar refractivity (Wildman–Crippen MR) is 93.5 cm³/mol. The van der Waals surface area contributed by atoms with Crippen LogP contribution < -0.4 is 5.32 Å². The smallest absolute Gasteiger partial charge is 0.287 e. The standard InChI is InChI=1S/C19H19N3O3/c1-12-4-5-15-13(9-12)10-16(21-15)19(24)22-7-6-14(11-22)20-18(23)17-3-2-8-25-17/h2-5,8-10,14,21H,6-7,11H2,1H3,(H,20,23)/t14-/m1/s1. The molecule has 2 amide bonds. The molecule has 2 aromatic heterocycles. The van der Waals surface area contributed by atoms with Crippen molar-refractivity contribution in [1.82, 2.24) is 15.2 Å². The number of rotatable bonds is 3. The van der Waals surface area contributed by atoms with E-state index >= 15 is 0 Å². The number of nitrogens with one attached hydrogen (secondary N) is 2. The molecule has 0 unspecified atom stereocenters. The molecule has 2 N–H and O–H groups in total. The Morgan fingerprint density at radius 2 is 2.16 bits per heavy atom. The lowest BCUT2D eigenvalue weighted by atomic mass is 10.2. The van der Waals surface area contributed by atoms with Crippen LogP contribution >= 0.6 is 0 Å². The Morgan fingerprint density at radius 1 is 1.28 bits per heavy atom. The first-order valence-corrected chi connectivity index (χ1v) is 8.33. The Bertz CT molecular complexity index is 927. The molecule has 0 radical (unpaired) electrons. The van der Waals surface area contributed by atoms with Gasteiger partial charge in [0.15, 0.2) is 5.76 Å². The quantitative estimate of drug-likeness (QED) is 0.771. The topological polar surface area (TPSA) is 78.3 Å². The van der Waals surface area contributed by atoms with Crippen molar-refractivity contribution in [2.75, 3.05) is 13.1 Å². The van der Waals surface area contributed by atoms with Gasteiger partial charge in [-0.3, -0.25) is 9.59 Å². The molecule has 0 bridgehead atoms. The molecule has 1 fully saturated rings. The molecule has 0 aliphatic carbocycles. The highest BCUT2D eigenvalue weighted by atomic mass is 16.3. The Balaban J connectivity index is 1.43. The van der Waals surface area contributed by atoms with Crippen molar-refractivity contribution in [3.8, 4) is 0 Å². The largest absolute Gasteiger partial charge is 0.459 e. The molecule has 6 nitrogen and oxygen atoms in total. The molecule has 3 heterocycles. The van der Waals surface area contributed by atoms with Gasteiger partial charge in [-0.15, -0.1) is 0 Å². The van der Waals surface area contributed by atoms with Crippen molar-refractivity contribution in [2.45, 2.75) is 19.4 Å². The molecule has 1 atom stereocenters. The van der Waals surface area contributed by atoms with Gasteiger partial charge >= 0.3 is 0 Å². The van der Waals surface area contributed by atoms with E-state index in [1.54, 1.807) is 17.0 Å². The summed E-state index contributed by atoms with van der Waals surface area (Å²) in [5.74, 6) is 0.00440. The molecular formula is C19H19N3O3. The molecule has 1 aliphatic rings. The van der Waals surface area contributed by atoms with Gasteiger partial charge in [0, 0.05) is 30.0 Å². The number of nitrogens with zero attached hydrogens (tertiary/aromatic N) is 1. The molecule has 1 aliphatic heterocycles. The summed E-state index contributed by atoms with van der Waals surface area (Å²) < 4.78 is 5.09.